The van der Waals surface area contributed by atoms with Crippen LogP contribution in [0.5, 0.6) is 5.75 Å². The number of aliphatic hydroxyl groups is 1. The number of hydrogen-bond donors (Lipinski definition) is 4. The van der Waals surface area contributed by atoms with E-state index >= 15 is 0 Å². The molecule has 0 saturated heterocycles. The highest BCUT2D eigenvalue weighted by atomic mass is 16.5. The molecule has 8 heteroatoms. The van der Waals surface area contributed by atoms with Crippen LogP contribution in [0.3, 0.4) is 0 Å². The van der Waals surface area contributed by atoms with Gasteiger partial charge in [0.25, 0.3) is 0 Å². The van der Waals surface area contributed by atoms with Crippen molar-refractivity contribution in [3.63, 3.8) is 0 Å². The Hall–Kier alpha value is -2.89. The number of nitrogens with zero attached hydrogens (tertiary/aromatic N) is 3. The van der Waals surface area contributed by atoms with Crippen LogP contribution in [0.15, 0.2) is 30.5 Å². The molecule has 0 spiro atoms. The molecule has 8 nitrogen and oxygen atoms in total. The molecule has 2 aromatic rings. The number of anilines is 2. The summed E-state index contributed by atoms with van der Waals surface area (Å²) in [7, 11) is 0. The number of nitrogens with one attached hydrogen (secondary N) is 2. The van der Waals surface area contributed by atoms with Gasteiger partial charge in [0.15, 0.2) is 0 Å². The van der Waals surface area contributed by atoms with Gasteiger partial charge < -0.3 is 26.2 Å². The molecule has 4 bridgehead atoms. The van der Waals surface area contributed by atoms with E-state index < -0.39 is 0 Å². The zero-order valence-electron chi connectivity index (χ0n) is 18.8. The van der Waals surface area contributed by atoms with E-state index in [2.05, 4.69) is 26.7 Å². The summed E-state index contributed by atoms with van der Waals surface area (Å²) in [6.45, 7) is 1.50. The van der Waals surface area contributed by atoms with E-state index in [1.165, 1.54) is 32.1 Å². The summed E-state index contributed by atoms with van der Waals surface area (Å²) in [5.41, 5.74) is 8.16. The molecule has 4 aliphatic rings. The molecule has 5 atom stereocenters. The monoisotopic (exact) mass is 448 g/mol. The Bertz CT molecular complexity index is 1020. The van der Waals surface area contributed by atoms with Crippen LogP contribution in [0.2, 0.25) is 0 Å². The second-order valence-corrected chi connectivity index (χ2v) is 10.0. The van der Waals surface area contributed by atoms with E-state index in [4.69, 9.17) is 15.6 Å². The zero-order valence-corrected chi connectivity index (χ0v) is 18.8. The van der Waals surface area contributed by atoms with Crippen molar-refractivity contribution in [3.8, 4) is 11.8 Å². The van der Waals surface area contributed by atoms with Crippen molar-refractivity contribution in [2.75, 3.05) is 30.4 Å². The lowest BCUT2D eigenvalue weighted by Gasteiger charge is -2.59. The molecule has 3 unspecified atom stereocenters. The quantitative estimate of drug-likeness (QED) is 0.461. The Morgan fingerprint density at radius 2 is 1.97 bits per heavy atom. The van der Waals surface area contributed by atoms with Crippen LogP contribution in [-0.4, -0.2) is 40.9 Å². The second kappa shape index (κ2) is 9.16. The third-order valence-electron chi connectivity index (χ3n) is 7.77. The predicted molar refractivity (Wildman–Crippen MR) is 126 cm³/mol. The van der Waals surface area contributed by atoms with Crippen molar-refractivity contribution < 1.29 is 9.84 Å². The molecule has 33 heavy (non-hydrogen) atoms. The number of rotatable bonds is 9. The summed E-state index contributed by atoms with van der Waals surface area (Å²) in [6.07, 6.45) is 7.75. The molecule has 174 valence electrons. The van der Waals surface area contributed by atoms with E-state index in [0.717, 1.165) is 18.0 Å². The van der Waals surface area contributed by atoms with E-state index in [1.807, 2.05) is 24.3 Å². The fourth-order valence-corrected chi connectivity index (χ4v) is 6.52. The standard InChI is InChI=1S/C25H32N6O2/c26-12-20-14-29-24(28-13-17-3-1-2-4-21(17)33-6-5-32)31-23(20)30-15-25-9-16-7-18(10-25)22(27)19(8-16)11-25/h1-4,14,16,18-19,22,32H,5-11,13,15,27H2,(H2,28,29,30,31)/t16?,18-,19+,22?,25?. The molecule has 0 amide bonds. The molecule has 5 N–H and O–H groups in total. The maximum Gasteiger partial charge on any atom is 0.224 e. The van der Waals surface area contributed by atoms with Gasteiger partial charge in [-0.1, -0.05) is 18.2 Å². The largest absolute Gasteiger partial charge is 0.491 e. The van der Waals surface area contributed by atoms with E-state index in [-0.39, 0.29) is 18.6 Å². The summed E-state index contributed by atoms with van der Waals surface area (Å²) in [5, 5.41) is 25.4. The van der Waals surface area contributed by atoms with Crippen LogP contribution in [0, 0.1) is 34.5 Å². The third kappa shape index (κ3) is 4.48. The third-order valence-corrected chi connectivity index (χ3v) is 7.77. The first-order valence-corrected chi connectivity index (χ1v) is 11.9. The molecular weight excluding hydrogens is 416 g/mol. The lowest BCUT2D eigenvalue weighted by molar-refractivity contribution is -0.0591. The van der Waals surface area contributed by atoms with Crippen LogP contribution >= 0.6 is 0 Å². The molecule has 4 aliphatic carbocycles. The SMILES string of the molecule is N#Cc1cnc(NCc2ccccc2OCCO)nc1NCC12CC3C[C@H](C1)C(N)[C@@H](C3)C2. The Balaban J connectivity index is 1.26. The minimum Gasteiger partial charge on any atom is -0.491 e. The molecule has 1 aromatic carbocycles. The first-order valence-electron chi connectivity index (χ1n) is 11.9. The summed E-state index contributed by atoms with van der Waals surface area (Å²) < 4.78 is 5.60. The highest BCUT2D eigenvalue weighted by Gasteiger charge is 2.54. The maximum absolute atomic E-state index is 9.59. The molecule has 6 rings (SSSR count). The Kier molecular flexibility index (Phi) is 6.09. The van der Waals surface area contributed by atoms with Crippen LogP contribution in [0.1, 0.15) is 43.2 Å². The van der Waals surface area contributed by atoms with E-state index in [0.29, 0.717) is 47.5 Å². The molecule has 4 fully saturated rings. The van der Waals surface area contributed by atoms with E-state index in [9.17, 15) is 5.26 Å². The first kappa shape index (κ1) is 21.9. The fraction of sp³-hybridized carbons (Fsp3) is 0.560. The topological polar surface area (TPSA) is 129 Å². The smallest absolute Gasteiger partial charge is 0.224 e. The molecule has 1 heterocycles. The van der Waals surface area contributed by atoms with Crippen molar-refractivity contribution in [3.05, 3.63) is 41.6 Å². The van der Waals surface area contributed by atoms with Crippen molar-refractivity contribution in [1.29, 1.82) is 5.26 Å². The molecule has 0 radical (unpaired) electrons. The predicted octanol–water partition coefficient (Wildman–Crippen LogP) is 2.90. The Morgan fingerprint density at radius 1 is 1.18 bits per heavy atom. The molecule has 1 aromatic heterocycles. The minimum absolute atomic E-state index is 0.0365. The number of aliphatic hydroxyl groups excluding tert-OH is 1. The average Bonchev–Trinajstić information content (AvgIpc) is 2.83. The molecular formula is C25H32N6O2. The average molecular weight is 449 g/mol. The van der Waals surface area contributed by atoms with Crippen molar-refractivity contribution >= 4 is 11.8 Å². The summed E-state index contributed by atoms with van der Waals surface area (Å²) in [5.74, 6) is 3.84. The van der Waals surface area contributed by atoms with Crippen molar-refractivity contribution in [2.45, 2.75) is 44.7 Å². The number of benzene rings is 1. The fourth-order valence-electron chi connectivity index (χ4n) is 6.52. The number of ether oxygens (including phenoxy) is 1. The van der Waals surface area contributed by atoms with Gasteiger partial charge in [-0.05, 0) is 61.3 Å². The molecule has 4 saturated carbocycles. The van der Waals surface area contributed by atoms with Crippen LogP contribution in [0.25, 0.3) is 0 Å². The van der Waals surface area contributed by atoms with Crippen LogP contribution < -0.4 is 21.1 Å². The number of nitriles is 1. The highest BCUT2D eigenvalue weighted by molar-refractivity contribution is 5.53. The van der Waals surface area contributed by atoms with Gasteiger partial charge in [0.2, 0.25) is 5.95 Å². The Morgan fingerprint density at radius 3 is 2.73 bits per heavy atom. The van der Waals surface area contributed by atoms with Crippen LogP contribution in [-0.2, 0) is 6.54 Å². The van der Waals surface area contributed by atoms with Gasteiger partial charge in [0, 0.05) is 24.7 Å². The molecule has 0 aliphatic heterocycles. The Labute approximate surface area is 194 Å². The van der Waals surface area contributed by atoms with Gasteiger partial charge in [-0.15, -0.1) is 0 Å². The number of aromatic nitrogens is 2. The number of para-hydroxylation sites is 1. The van der Waals surface area contributed by atoms with Crippen molar-refractivity contribution in [2.24, 2.45) is 28.9 Å². The summed E-state index contributed by atoms with van der Waals surface area (Å²) in [4.78, 5) is 8.94. The lowest BCUT2D eigenvalue weighted by atomic mass is 9.48. The number of hydrogen-bond acceptors (Lipinski definition) is 8. The second-order valence-electron chi connectivity index (χ2n) is 10.0. The summed E-state index contributed by atoms with van der Waals surface area (Å²) in [6, 6.07) is 10.2. The van der Waals surface area contributed by atoms with Gasteiger partial charge in [-0.25, -0.2) is 4.98 Å². The van der Waals surface area contributed by atoms with Gasteiger partial charge in [-0.3, -0.25) is 0 Å². The maximum atomic E-state index is 9.59. The van der Waals surface area contributed by atoms with Crippen molar-refractivity contribution in [1.82, 2.24) is 9.97 Å². The van der Waals surface area contributed by atoms with Gasteiger partial charge in [0.05, 0.1) is 12.8 Å². The van der Waals surface area contributed by atoms with Gasteiger partial charge in [-0.2, -0.15) is 10.2 Å². The zero-order chi connectivity index (χ0) is 22.8. The lowest BCUT2D eigenvalue weighted by Crippen LogP contribution is -2.58. The number of nitrogens with two attached hydrogens (primary N) is 1. The van der Waals surface area contributed by atoms with E-state index in [1.54, 1.807) is 6.20 Å². The minimum atomic E-state index is -0.0365. The van der Waals surface area contributed by atoms with Crippen LogP contribution in [0.4, 0.5) is 11.8 Å². The van der Waals surface area contributed by atoms with Gasteiger partial charge in [0.1, 0.15) is 29.8 Å². The van der Waals surface area contributed by atoms with Gasteiger partial charge >= 0.3 is 0 Å². The first-order chi connectivity index (χ1) is 16.1. The highest BCUT2D eigenvalue weighted by Crippen LogP contribution is 2.59. The normalized spacial score (nSPS) is 29.5. The summed E-state index contributed by atoms with van der Waals surface area (Å²) >= 11 is 0.